The lowest BCUT2D eigenvalue weighted by atomic mass is 9.82. The molecule has 4 rings (SSSR count). The van der Waals surface area contributed by atoms with Crippen molar-refractivity contribution in [2.45, 2.75) is 24.6 Å². The Labute approximate surface area is 192 Å². The van der Waals surface area contributed by atoms with Crippen molar-refractivity contribution in [1.82, 2.24) is 14.9 Å². The van der Waals surface area contributed by atoms with Gasteiger partial charge in [0.15, 0.2) is 0 Å². The average Bonchev–Trinajstić information content (AvgIpc) is 2.76. The summed E-state index contributed by atoms with van der Waals surface area (Å²) in [5.41, 5.74) is 0.460. The number of hydrogen-bond donors (Lipinski definition) is 2. The van der Waals surface area contributed by atoms with Crippen molar-refractivity contribution in [3.63, 3.8) is 0 Å². The third-order valence-corrected chi connectivity index (χ3v) is 5.54. The van der Waals surface area contributed by atoms with E-state index in [4.69, 9.17) is 26.2 Å². The first-order valence-corrected chi connectivity index (χ1v) is 10.5. The van der Waals surface area contributed by atoms with Crippen LogP contribution in [0.3, 0.4) is 0 Å². The number of aliphatic carboxylic acids is 1. The number of anilines is 1. The van der Waals surface area contributed by atoms with Crippen LogP contribution in [0, 0.1) is 5.92 Å². The molecule has 1 unspecified atom stereocenters. The van der Waals surface area contributed by atoms with E-state index in [2.05, 4.69) is 15.3 Å². The number of alkyl halides is 3. The maximum absolute atomic E-state index is 12.5. The Morgan fingerprint density at radius 3 is 2.45 bits per heavy atom. The van der Waals surface area contributed by atoms with Crippen molar-refractivity contribution < 1.29 is 32.6 Å². The van der Waals surface area contributed by atoms with Crippen LogP contribution in [-0.4, -0.2) is 69.9 Å². The van der Waals surface area contributed by atoms with Gasteiger partial charge in [-0.1, -0.05) is 17.7 Å². The van der Waals surface area contributed by atoms with Crippen LogP contribution in [0.5, 0.6) is 0 Å². The van der Waals surface area contributed by atoms with E-state index in [-0.39, 0.29) is 11.5 Å². The Morgan fingerprint density at radius 2 is 1.91 bits per heavy atom. The summed E-state index contributed by atoms with van der Waals surface area (Å²) in [5, 5.41) is 11.0. The van der Waals surface area contributed by atoms with Gasteiger partial charge in [-0.3, -0.25) is 4.79 Å². The van der Waals surface area contributed by atoms with Crippen LogP contribution in [0.4, 0.5) is 19.1 Å². The fourth-order valence-electron chi connectivity index (χ4n) is 3.55. The number of halogens is 4. The molecule has 2 fully saturated rings. The van der Waals surface area contributed by atoms with Crippen LogP contribution in [0.1, 0.15) is 23.2 Å². The van der Waals surface area contributed by atoms with Gasteiger partial charge < -0.3 is 20.1 Å². The fourth-order valence-corrected chi connectivity index (χ4v) is 3.74. The number of benzene rings is 1. The van der Waals surface area contributed by atoms with E-state index in [0.29, 0.717) is 42.1 Å². The van der Waals surface area contributed by atoms with Gasteiger partial charge in [-0.05, 0) is 43.0 Å². The number of hydrogen-bond acceptors (Lipinski definition) is 6. The first-order valence-electron chi connectivity index (χ1n) is 10.1. The first-order chi connectivity index (χ1) is 15.6. The Morgan fingerprint density at radius 1 is 1.24 bits per heavy atom. The Hall–Kier alpha value is -2.92. The van der Waals surface area contributed by atoms with E-state index in [1.165, 1.54) is 0 Å². The quantitative estimate of drug-likeness (QED) is 0.681. The van der Waals surface area contributed by atoms with Crippen molar-refractivity contribution in [3.8, 4) is 0 Å². The van der Waals surface area contributed by atoms with E-state index in [1.54, 1.807) is 42.7 Å². The summed E-state index contributed by atoms with van der Waals surface area (Å²) in [6.45, 7) is 2.80. The summed E-state index contributed by atoms with van der Waals surface area (Å²) < 4.78 is 37.9. The number of rotatable bonds is 4. The minimum absolute atomic E-state index is 0.0201. The van der Waals surface area contributed by atoms with Crippen molar-refractivity contribution in [2.24, 2.45) is 5.92 Å². The number of likely N-dealkylation sites (tertiary alicyclic amines) is 1. The molecular formula is C21H22ClF3N4O4. The zero-order chi connectivity index (χ0) is 24.1. The van der Waals surface area contributed by atoms with E-state index >= 15 is 0 Å². The lowest BCUT2D eigenvalue weighted by molar-refractivity contribution is -0.192. The van der Waals surface area contributed by atoms with E-state index in [9.17, 15) is 18.0 Å². The van der Waals surface area contributed by atoms with Gasteiger partial charge in [0.2, 0.25) is 5.95 Å². The molecule has 1 aromatic carbocycles. The molecule has 3 heterocycles. The number of nitrogens with one attached hydrogen (secondary N) is 1. The maximum atomic E-state index is 12.5. The largest absolute Gasteiger partial charge is 0.490 e. The molecule has 2 aliphatic rings. The van der Waals surface area contributed by atoms with Gasteiger partial charge in [-0.15, -0.1) is 0 Å². The monoisotopic (exact) mass is 486 g/mol. The average molecular weight is 487 g/mol. The summed E-state index contributed by atoms with van der Waals surface area (Å²) >= 11 is 5.98. The van der Waals surface area contributed by atoms with Crippen molar-refractivity contribution >= 4 is 29.4 Å². The minimum atomic E-state index is -5.08. The van der Waals surface area contributed by atoms with Gasteiger partial charge in [0, 0.05) is 29.5 Å². The highest BCUT2D eigenvalue weighted by atomic mass is 35.5. The molecular weight excluding hydrogens is 465 g/mol. The predicted octanol–water partition coefficient (Wildman–Crippen LogP) is 3.50. The normalized spacial score (nSPS) is 19.2. The van der Waals surface area contributed by atoms with Crippen LogP contribution in [0.25, 0.3) is 0 Å². The third kappa shape index (κ3) is 6.78. The summed E-state index contributed by atoms with van der Waals surface area (Å²) in [6.07, 6.45) is 0.399. The van der Waals surface area contributed by atoms with Crippen molar-refractivity contribution in [1.29, 1.82) is 0 Å². The molecule has 1 aromatic heterocycles. The van der Waals surface area contributed by atoms with Crippen LogP contribution >= 0.6 is 11.6 Å². The number of carboxylic acids is 1. The van der Waals surface area contributed by atoms with Gasteiger partial charge >= 0.3 is 12.1 Å². The number of carbonyl (C=O) groups excluding carboxylic acids is 1. The molecule has 2 N–H and O–H groups in total. The Kier molecular flexibility index (Phi) is 7.75. The standard InChI is InChI=1S/C19H21ClN4O2.C2HF3O2/c20-16-4-1-3-15(9-16)17(25)24-12-19(13-24)6-5-14(11-26-19)10-23-18-21-7-2-8-22-18;3-2(4,5)1(6)7/h1-4,7-9,14H,5-6,10-13H2,(H,21,22,23);(H,6,7). The molecule has 0 saturated carbocycles. The highest BCUT2D eigenvalue weighted by Gasteiger charge is 2.48. The lowest BCUT2D eigenvalue weighted by Gasteiger charge is -2.52. The molecule has 1 amide bonds. The van der Waals surface area contributed by atoms with Crippen molar-refractivity contribution in [2.75, 3.05) is 31.6 Å². The van der Waals surface area contributed by atoms with Crippen LogP contribution in [0.2, 0.25) is 5.02 Å². The topological polar surface area (TPSA) is 105 Å². The molecule has 2 saturated heterocycles. The Balaban J connectivity index is 0.000000383. The summed E-state index contributed by atoms with van der Waals surface area (Å²) in [6, 6.07) is 8.88. The van der Waals surface area contributed by atoms with E-state index in [1.807, 2.05) is 4.90 Å². The fraction of sp³-hybridized carbons (Fsp3) is 0.429. The molecule has 0 radical (unpaired) electrons. The molecule has 12 heteroatoms. The Bertz CT molecular complexity index is 961. The number of carbonyl (C=O) groups is 2. The molecule has 0 bridgehead atoms. The van der Waals surface area contributed by atoms with E-state index < -0.39 is 12.1 Å². The second-order valence-electron chi connectivity index (χ2n) is 7.83. The van der Waals surface area contributed by atoms with Crippen molar-refractivity contribution in [3.05, 3.63) is 53.3 Å². The number of ether oxygens (including phenoxy) is 1. The maximum Gasteiger partial charge on any atom is 0.490 e. The molecule has 178 valence electrons. The van der Waals surface area contributed by atoms with Crippen LogP contribution in [-0.2, 0) is 9.53 Å². The lowest BCUT2D eigenvalue weighted by Crippen LogP contribution is -2.66. The highest BCUT2D eigenvalue weighted by molar-refractivity contribution is 6.30. The second-order valence-corrected chi connectivity index (χ2v) is 8.26. The molecule has 1 atom stereocenters. The zero-order valence-electron chi connectivity index (χ0n) is 17.4. The van der Waals surface area contributed by atoms with E-state index in [0.717, 1.165) is 19.4 Å². The molecule has 1 spiro atoms. The SMILES string of the molecule is O=C(O)C(F)(F)F.O=C(c1cccc(Cl)c1)N1CC2(CCC(CNc3ncccn3)CO2)C1. The molecule has 2 aromatic rings. The molecule has 8 nitrogen and oxygen atoms in total. The molecule has 2 aliphatic heterocycles. The summed E-state index contributed by atoms with van der Waals surface area (Å²) in [5.74, 6) is -1.66. The number of amides is 1. The predicted molar refractivity (Wildman–Crippen MR) is 113 cm³/mol. The number of carboxylic acid groups (broad SMARTS) is 1. The molecule has 33 heavy (non-hydrogen) atoms. The summed E-state index contributed by atoms with van der Waals surface area (Å²) in [7, 11) is 0. The van der Waals surface area contributed by atoms with Gasteiger partial charge in [-0.25, -0.2) is 14.8 Å². The minimum Gasteiger partial charge on any atom is -0.475 e. The third-order valence-electron chi connectivity index (χ3n) is 5.31. The first kappa shape index (κ1) is 24.7. The summed E-state index contributed by atoms with van der Waals surface area (Å²) in [4.78, 5) is 31.6. The molecule has 0 aliphatic carbocycles. The smallest absolute Gasteiger partial charge is 0.475 e. The van der Waals surface area contributed by atoms with Gasteiger partial charge in [-0.2, -0.15) is 13.2 Å². The second kappa shape index (κ2) is 10.3. The van der Waals surface area contributed by atoms with Gasteiger partial charge in [0.05, 0.1) is 19.7 Å². The zero-order valence-corrected chi connectivity index (χ0v) is 18.1. The van der Waals surface area contributed by atoms with Gasteiger partial charge in [0.25, 0.3) is 5.91 Å². The number of aromatic nitrogens is 2. The van der Waals surface area contributed by atoms with Gasteiger partial charge in [0.1, 0.15) is 5.60 Å². The van der Waals surface area contributed by atoms with Crippen LogP contribution < -0.4 is 5.32 Å². The highest BCUT2D eigenvalue weighted by Crippen LogP contribution is 2.36. The number of nitrogens with zero attached hydrogens (tertiary/aromatic N) is 3. The van der Waals surface area contributed by atoms with Crippen LogP contribution in [0.15, 0.2) is 42.7 Å².